The lowest BCUT2D eigenvalue weighted by atomic mass is 10.1. The summed E-state index contributed by atoms with van der Waals surface area (Å²) in [5.74, 6) is 1.11. The second-order valence-corrected chi connectivity index (χ2v) is 7.49. The summed E-state index contributed by atoms with van der Waals surface area (Å²) in [5, 5.41) is 3.92. The van der Waals surface area contributed by atoms with E-state index in [1.807, 2.05) is 37.3 Å². The van der Waals surface area contributed by atoms with Gasteiger partial charge < -0.3 is 14.3 Å². The highest BCUT2D eigenvalue weighted by Crippen LogP contribution is 2.25. The number of benzene rings is 1. The molecule has 1 aliphatic rings. The molecule has 0 bridgehead atoms. The Kier molecular flexibility index (Phi) is 5.31. The van der Waals surface area contributed by atoms with E-state index in [1.54, 1.807) is 30.0 Å². The number of carbonyl (C=O) groups is 2. The number of rotatable bonds is 6. The van der Waals surface area contributed by atoms with Gasteiger partial charge in [-0.3, -0.25) is 9.59 Å². The zero-order valence-corrected chi connectivity index (χ0v) is 17.3. The fourth-order valence-electron chi connectivity index (χ4n) is 3.56. The Morgan fingerprint density at radius 3 is 2.77 bits per heavy atom. The van der Waals surface area contributed by atoms with Gasteiger partial charge in [-0.2, -0.15) is 0 Å². The van der Waals surface area contributed by atoms with Crippen molar-refractivity contribution >= 4 is 11.8 Å². The first-order valence-electron chi connectivity index (χ1n) is 9.79. The molecule has 0 radical (unpaired) electrons. The lowest BCUT2D eigenvalue weighted by Gasteiger charge is -2.20. The molecule has 1 aliphatic heterocycles. The topological polar surface area (TPSA) is 92.4 Å². The highest BCUT2D eigenvalue weighted by atomic mass is 16.5. The van der Waals surface area contributed by atoms with Crippen molar-refractivity contribution in [3.63, 3.8) is 0 Å². The normalized spacial score (nSPS) is 12.9. The number of carbonyl (C=O) groups excluding carboxylic acids is 2. The van der Waals surface area contributed by atoms with Crippen molar-refractivity contribution in [3.8, 4) is 11.3 Å². The second kappa shape index (κ2) is 8.06. The second-order valence-electron chi connectivity index (χ2n) is 7.49. The van der Waals surface area contributed by atoms with Gasteiger partial charge in [-0.05, 0) is 25.5 Å². The Balaban J connectivity index is 1.41. The van der Waals surface area contributed by atoms with Crippen molar-refractivity contribution < 1.29 is 14.1 Å². The third kappa shape index (κ3) is 3.94. The van der Waals surface area contributed by atoms with E-state index in [-0.39, 0.29) is 18.2 Å². The van der Waals surface area contributed by atoms with Gasteiger partial charge >= 0.3 is 0 Å². The van der Waals surface area contributed by atoms with Gasteiger partial charge in [0.25, 0.3) is 5.91 Å². The Morgan fingerprint density at radius 2 is 2.03 bits per heavy atom. The summed E-state index contributed by atoms with van der Waals surface area (Å²) in [4.78, 5) is 37.3. The summed E-state index contributed by atoms with van der Waals surface area (Å²) in [6, 6.07) is 9.37. The van der Waals surface area contributed by atoms with Crippen molar-refractivity contribution in [2.24, 2.45) is 0 Å². The molecule has 2 amide bonds. The predicted octanol–water partition coefficient (Wildman–Crippen LogP) is 2.75. The smallest absolute Gasteiger partial charge is 0.254 e. The van der Waals surface area contributed by atoms with Crippen LogP contribution in [-0.2, 0) is 17.9 Å². The Morgan fingerprint density at radius 1 is 1.23 bits per heavy atom. The standard InChI is InChI=1S/C22H23N5O3/c1-14-10-20(30-25-14)18-11-23-15(2)24-19(18)13-26(3)21(28)8-9-27-12-16-6-4-5-7-17(16)22(27)29/h4-7,10-11H,8-9,12-13H2,1-3H3. The highest BCUT2D eigenvalue weighted by Gasteiger charge is 2.27. The van der Waals surface area contributed by atoms with Crippen LogP contribution in [0.3, 0.4) is 0 Å². The molecule has 1 aromatic carbocycles. The largest absolute Gasteiger partial charge is 0.356 e. The third-order valence-electron chi connectivity index (χ3n) is 5.19. The third-order valence-corrected chi connectivity index (χ3v) is 5.19. The minimum Gasteiger partial charge on any atom is -0.356 e. The molecule has 0 spiro atoms. The van der Waals surface area contributed by atoms with Crippen molar-refractivity contribution in [3.05, 3.63) is 64.9 Å². The summed E-state index contributed by atoms with van der Waals surface area (Å²) in [6.45, 7) is 4.89. The van der Waals surface area contributed by atoms with Crippen molar-refractivity contribution in [1.29, 1.82) is 0 Å². The van der Waals surface area contributed by atoms with Crippen LogP contribution in [0.2, 0.25) is 0 Å². The van der Waals surface area contributed by atoms with E-state index >= 15 is 0 Å². The van der Waals surface area contributed by atoms with E-state index in [4.69, 9.17) is 4.52 Å². The maximum atomic E-state index is 12.7. The number of amides is 2. The van der Waals surface area contributed by atoms with Crippen LogP contribution in [0, 0.1) is 13.8 Å². The molecule has 3 heterocycles. The molecule has 8 nitrogen and oxygen atoms in total. The van der Waals surface area contributed by atoms with Crippen LogP contribution >= 0.6 is 0 Å². The van der Waals surface area contributed by atoms with Crippen LogP contribution in [-0.4, -0.2) is 50.3 Å². The zero-order valence-electron chi connectivity index (χ0n) is 17.3. The molecule has 0 N–H and O–H groups in total. The van der Waals surface area contributed by atoms with Gasteiger partial charge in [0.2, 0.25) is 5.91 Å². The molecule has 3 aromatic rings. The molecule has 4 rings (SSSR count). The average Bonchev–Trinajstić information content (AvgIpc) is 3.30. The van der Waals surface area contributed by atoms with Crippen molar-refractivity contribution in [2.75, 3.05) is 13.6 Å². The molecule has 2 aromatic heterocycles. The SMILES string of the molecule is Cc1cc(-c2cnc(C)nc2CN(C)C(=O)CCN2Cc3ccccc3C2=O)on1. The minimum absolute atomic E-state index is 0.0181. The molecule has 8 heteroatoms. The van der Waals surface area contributed by atoms with Crippen LogP contribution < -0.4 is 0 Å². The van der Waals surface area contributed by atoms with Crippen LogP contribution in [0.1, 0.15) is 39.6 Å². The van der Waals surface area contributed by atoms with E-state index < -0.39 is 0 Å². The van der Waals surface area contributed by atoms with E-state index in [1.165, 1.54) is 0 Å². The van der Waals surface area contributed by atoms with Crippen LogP contribution in [0.25, 0.3) is 11.3 Å². The van der Waals surface area contributed by atoms with E-state index in [9.17, 15) is 9.59 Å². The van der Waals surface area contributed by atoms with E-state index in [0.29, 0.717) is 42.5 Å². The molecule has 30 heavy (non-hydrogen) atoms. The lowest BCUT2D eigenvalue weighted by Crippen LogP contribution is -2.32. The number of aromatic nitrogens is 3. The molecular formula is C22H23N5O3. The first-order valence-corrected chi connectivity index (χ1v) is 9.79. The molecule has 154 valence electrons. The lowest BCUT2D eigenvalue weighted by molar-refractivity contribution is -0.130. The Labute approximate surface area is 174 Å². The minimum atomic E-state index is -0.0604. The maximum Gasteiger partial charge on any atom is 0.254 e. The van der Waals surface area contributed by atoms with Gasteiger partial charge in [0, 0.05) is 44.4 Å². The molecule has 0 unspecified atom stereocenters. The molecule has 0 saturated heterocycles. The van der Waals surface area contributed by atoms with Gasteiger partial charge in [-0.15, -0.1) is 0 Å². The highest BCUT2D eigenvalue weighted by molar-refractivity contribution is 5.98. The van der Waals surface area contributed by atoms with Crippen LogP contribution in [0.15, 0.2) is 41.1 Å². The van der Waals surface area contributed by atoms with Gasteiger partial charge in [0.15, 0.2) is 5.76 Å². The maximum absolute atomic E-state index is 12.7. The monoisotopic (exact) mass is 405 g/mol. The number of nitrogens with zero attached hydrogens (tertiary/aromatic N) is 5. The predicted molar refractivity (Wildman–Crippen MR) is 109 cm³/mol. The summed E-state index contributed by atoms with van der Waals surface area (Å²) in [6.07, 6.45) is 1.94. The Hall–Kier alpha value is -3.55. The average molecular weight is 405 g/mol. The van der Waals surface area contributed by atoms with Gasteiger partial charge in [-0.1, -0.05) is 23.4 Å². The zero-order chi connectivity index (χ0) is 21.3. The van der Waals surface area contributed by atoms with Crippen LogP contribution in [0.4, 0.5) is 0 Å². The van der Waals surface area contributed by atoms with Crippen LogP contribution in [0.5, 0.6) is 0 Å². The summed E-state index contributed by atoms with van der Waals surface area (Å²) in [7, 11) is 1.73. The first-order chi connectivity index (χ1) is 14.4. The molecule has 0 atom stereocenters. The summed E-state index contributed by atoms with van der Waals surface area (Å²) >= 11 is 0. The summed E-state index contributed by atoms with van der Waals surface area (Å²) < 4.78 is 5.35. The first kappa shape index (κ1) is 19.8. The molecule has 0 fully saturated rings. The van der Waals surface area contributed by atoms with E-state index in [0.717, 1.165) is 16.8 Å². The Bertz CT molecular complexity index is 1110. The fourth-order valence-corrected chi connectivity index (χ4v) is 3.56. The fraction of sp³-hybridized carbons (Fsp3) is 0.318. The summed E-state index contributed by atoms with van der Waals surface area (Å²) in [5.41, 5.74) is 3.90. The molecular weight excluding hydrogens is 382 g/mol. The van der Waals surface area contributed by atoms with Gasteiger partial charge in [0.1, 0.15) is 5.82 Å². The number of fused-ring (bicyclic) bond motifs is 1. The van der Waals surface area contributed by atoms with E-state index in [2.05, 4.69) is 15.1 Å². The van der Waals surface area contributed by atoms with Gasteiger partial charge in [0.05, 0.1) is 23.5 Å². The van der Waals surface area contributed by atoms with Crippen molar-refractivity contribution in [2.45, 2.75) is 33.4 Å². The molecule has 0 saturated carbocycles. The van der Waals surface area contributed by atoms with Crippen molar-refractivity contribution in [1.82, 2.24) is 24.9 Å². The number of hydrogen-bond donors (Lipinski definition) is 0. The molecule has 0 aliphatic carbocycles. The van der Waals surface area contributed by atoms with Gasteiger partial charge in [-0.25, -0.2) is 9.97 Å². The number of hydrogen-bond acceptors (Lipinski definition) is 6. The quantitative estimate of drug-likeness (QED) is 0.626. The number of aryl methyl sites for hydroxylation is 2.